The Kier molecular flexibility index (Phi) is 6.53. The second-order valence-electron chi connectivity index (χ2n) is 6.64. The van der Waals surface area contributed by atoms with Gasteiger partial charge in [-0.1, -0.05) is 24.3 Å². The predicted octanol–water partition coefficient (Wildman–Crippen LogP) is 3.19. The van der Waals surface area contributed by atoms with Crippen molar-refractivity contribution in [3.8, 4) is 0 Å². The average molecular weight is 385 g/mol. The van der Waals surface area contributed by atoms with E-state index in [1.807, 2.05) is 59.7 Å². The van der Waals surface area contributed by atoms with E-state index in [1.165, 1.54) is 11.8 Å². The summed E-state index contributed by atoms with van der Waals surface area (Å²) < 4.78 is 0. The number of carbonyl (C=O) groups is 2. The first kappa shape index (κ1) is 19.5. The van der Waals surface area contributed by atoms with Crippen LogP contribution in [0.5, 0.6) is 0 Å². The van der Waals surface area contributed by atoms with Crippen molar-refractivity contribution in [2.24, 2.45) is 0 Å². The van der Waals surface area contributed by atoms with Crippen LogP contribution in [0.1, 0.15) is 28.8 Å². The summed E-state index contributed by atoms with van der Waals surface area (Å²) in [5.74, 6) is -0.0664. The van der Waals surface area contributed by atoms with E-state index >= 15 is 0 Å². The minimum absolute atomic E-state index is 0.0765. The van der Waals surface area contributed by atoms with Gasteiger partial charge in [0.15, 0.2) is 0 Å². The number of anilines is 1. The highest BCUT2D eigenvalue weighted by atomic mass is 32.2. The molecule has 1 heterocycles. The molecule has 2 aromatic carbocycles. The summed E-state index contributed by atoms with van der Waals surface area (Å²) in [6.45, 7) is 1.23. The third-order valence-corrected chi connectivity index (χ3v) is 5.53. The first-order valence-electron chi connectivity index (χ1n) is 9.06. The van der Waals surface area contributed by atoms with Crippen LogP contribution in [0.15, 0.2) is 53.4 Å². The van der Waals surface area contributed by atoms with Crippen molar-refractivity contribution in [3.05, 3.63) is 59.7 Å². The van der Waals surface area contributed by atoms with Crippen molar-refractivity contribution in [1.82, 2.24) is 4.90 Å². The van der Waals surface area contributed by atoms with E-state index < -0.39 is 0 Å². The van der Waals surface area contributed by atoms with E-state index in [2.05, 4.69) is 5.32 Å². The largest absolute Gasteiger partial charge is 0.393 e. The SMILES string of the molecule is CSc1ccccc1C(=O)Nc1ccc(CC(=O)N2CCC(O)CC2)cc1. The maximum atomic E-state index is 12.5. The molecule has 0 spiro atoms. The van der Waals surface area contributed by atoms with Gasteiger partial charge in [0.25, 0.3) is 5.91 Å². The van der Waals surface area contributed by atoms with Crippen LogP contribution in [-0.4, -0.2) is 47.3 Å². The fourth-order valence-electron chi connectivity index (χ4n) is 3.14. The Hall–Kier alpha value is -2.31. The molecule has 0 radical (unpaired) electrons. The van der Waals surface area contributed by atoms with Gasteiger partial charge in [0.05, 0.1) is 18.1 Å². The van der Waals surface area contributed by atoms with Crippen LogP contribution in [0.2, 0.25) is 0 Å². The number of thioether (sulfide) groups is 1. The van der Waals surface area contributed by atoms with Crippen molar-refractivity contribution < 1.29 is 14.7 Å². The van der Waals surface area contributed by atoms with Gasteiger partial charge < -0.3 is 15.3 Å². The Morgan fingerprint density at radius 2 is 1.78 bits per heavy atom. The zero-order chi connectivity index (χ0) is 19.2. The molecular weight excluding hydrogens is 360 g/mol. The number of aliphatic hydroxyl groups excluding tert-OH is 1. The summed E-state index contributed by atoms with van der Waals surface area (Å²) >= 11 is 1.54. The lowest BCUT2D eigenvalue weighted by atomic mass is 10.1. The Labute approximate surface area is 163 Å². The Bertz CT molecular complexity index is 799. The lowest BCUT2D eigenvalue weighted by Gasteiger charge is -2.29. The quantitative estimate of drug-likeness (QED) is 0.777. The average Bonchev–Trinajstić information content (AvgIpc) is 2.69. The molecule has 27 heavy (non-hydrogen) atoms. The summed E-state index contributed by atoms with van der Waals surface area (Å²) in [5, 5.41) is 12.4. The van der Waals surface area contributed by atoms with E-state index in [0.717, 1.165) is 10.5 Å². The van der Waals surface area contributed by atoms with Crippen LogP contribution in [0, 0.1) is 0 Å². The molecule has 1 fully saturated rings. The molecule has 5 nitrogen and oxygen atoms in total. The monoisotopic (exact) mass is 384 g/mol. The van der Waals surface area contributed by atoms with Gasteiger partial charge in [0.1, 0.15) is 0 Å². The van der Waals surface area contributed by atoms with E-state index in [0.29, 0.717) is 43.6 Å². The third-order valence-electron chi connectivity index (χ3n) is 4.74. The third kappa shape index (κ3) is 5.11. The molecule has 2 amide bonds. The second-order valence-corrected chi connectivity index (χ2v) is 7.49. The highest BCUT2D eigenvalue weighted by Crippen LogP contribution is 2.21. The molecule has 3 rings (SSSR count). The minimum Gasteiger partial charge on any atom is -0.393 e. The number of hydrogen-bond acceptors (Lipinski definition) is 4. The fourth-order valence-corrected chi connectivity index (χ4v) is 3.73. The number of aliphatic hydroxyl groups is 1. The van der Waals surface area contributed by atoms with Crippen LogP contribution in [0.3, 0.4) is 0 Å². The summed E-state index contributed by atoms with van der Waals surface area (Å²) in [7, 11) is 0. The van der Waals surface area contributed by atoms with Crippen LogP contribution in [0.25, 0.3) is 0 Å². The number of benzene rings is 2. The van der Waals surface area contributed by atoms with Crippen LogP contribution < -0.4 is 5.32 Å². The summed E-state index contributed by atoms with van der Waals surface area (Å²) in [6, 6.07) is 14.9. The van der Waals surface area contributed by atoms with Crippen molar-refractivity contribution in [2.75, 3.05) is 24.7 Å². The number of hydrogen-bond donors (Lipinski definition) is 2. The molecule has 0 aliphatic carbocycles. The summed E-state index contributed by atoms with van der Waals surface area (Å²) in [5.41, 5.74) is 2.26. The number of nitrogens with zero attached hydrogens (tertiary/aromatic N) is 1. The first-order valence-corrected chi connectivity index (χ1v) is 10.3. The molecule has 2 N–H and O–H groups in total. The normalized spacial score (nSPS) is 14.8. The van der Waals surface area contributed by atoms with Gasteiger partial charge in [-0.3, -0.25) is 9.59 Å². The maximum absolute atomic E-state index is 12.5. The molecule has 1 saturated heterocycles. The molecule has 0 bridgehead atoms. The Balaban J connectivity index is 1.58. The molecule has 1 aliphatic heterocycles. The lowest BCUT2D eigenvalue weighted by molar-refractivity contribution is -0.132. The van der Waals surface area contributed by atoms with Crippen molar-refractivity contribution in [2.45, 2.75) is 30.3 Å². The number of rotatable bonds is 5. The molecule has 2 aromatic rings. The lowest BCUT2D eigenvalue weighted by Crippen LogP contribution is -2.40. The topological polar surface area (TPSA) is 69.6 Å². The van der Waals surface area contributed by atoms with Gasteiger partial charge in [-0.2, -0.15) is 0 Å². The molecule has 1 aliphatic rings. The molecule has 0 unspecified atom stereocenters. The summed E-state index contributed by atoms with van der Waals surface area (Å²) in [4.78, 5) is 27.6. The van der Waals surface area contributed by atoms with Gasteiger partial charge in [0, 0.05) is 23.7 Å². The zero-order valence-corrected chi connectivity index (χ0v) is 16.2. The zero-order valence-electron chi connectivity index (χ0n) is 15.4. The molecular formula is C21H24N2O3S. The van der Waals surface area contributed by atoms with Crippen molar-refractivity contribution in [1.29, 1.82) is 0 Å². The second kappa shape index (κ2) is 9.06. The van der Waals surface area contributed by atoms with E-state index in [4.69, 9.17) is 0 Å². The van der Waals surface area contributed by atoms with Crippen molar-refractivity contribution >= 4 is 29.3 Å². The number of likely N-dealkylation sites (tertiary alicyclic amines) is 1. The van der Waals surface area contributed by atoms with Gasteiger partial charge in [0.2, 0.25) is 5.91 Å². The highest BCUT2D eigenvalue weighted by molar-refractivity contribution is 7.98. The van der Waals surface area contributed by atoms with E-state index in [1.54, 1.807) is 0 Å². The summed E-state index contributed by atoms with van der Waals surface area (Å²) in [6.07, 6.45) is 3.29. The number of nitrogens with one attached hydrogen (secondary N) is 1. The van der Waals surface area contributed by atoms with Crippen LogP contribution in [-0.2, 0) is 11.2 Å². The Morgan fingerprint density at radius 1 is 1.11 bits per heavy atom. The number of carbonyl (C=O) groups excluding carboxylic acids is 2. The number of amides is 2. The fraction of sp³-hybridized carbons (Fsp3) is 0.333. The van der Waals surface area contributed by atoms with Gasteiger partial charge in [-0.25, -0.2) is 0 Å². The standard InChI is InChI=1S/C21H24N2O3S/c1-27-19-5-3-2-4-18(19)21(26)22-16-8-6-15(7-9-16)14-20(25)23-12-10-17(24)11-13-23/h2-9,17,24H,10-14H2,1H3,(H,22,26). The van der Waals surface area contributed by atoms with Crippen LogP contribution >= 0.6 is 11.8 Å². The predicted molar refractivity (Wildman–Crippen MR) is 108 cm³/mol. The van der Waals surface area contributed by atoms with Crippen LogP contribution in [0.4, 0.5) is 5.69 Å². The van der Waals surface area contributed by atoms with E-state index in [9.17, 15) is 14.7 Å². The first-order chi connectivity index (χ1) is 13.1. The minimum atomic E-state index is -0.284. The van der Waals surface area contributed by atoms with E-state index in [-0.39, 0.29) is 17.9 Å². The Morgan fingerprint density at radius 3 is 2.44 bits per heavy atom. The smallest absolute Gasteiger partial charge is 0.256 e. The number of piperidine rings is 1. The molecule has 0 atom stereocenters. The highest BCUT2D eigenvalue weighted by Gasteiger charge is 2.21. The van der Waals surface area contributed by atoms with Gasteiger partial charge in [-0.05, 0) is 48.9 Å². The maximum Gasteiger partial charge on any atom is 0.256 e. The molecule has 0 saturated carbocycles. The molecule has 6 heteroatoms. The van der Waals surface area contributed by atoms with Crippen molar-refractivity contribution in [3.63, 3.8) is 0 Å². The van der Waals surface area contributed by atoms with Gasteiger partial charge >= 0.3 is 0 Å². The molecule has 142 valence electrons. The van der Waals surface area contributed by atoms with Gasteiger partial charge in [-0.15, -0.1) is 11.8 Å². The molecule has 0 aromatic heterocycles.